The number of benzene rings is 2. The lowest BCUT2D eigenvalue weighted by atomic mass is 10.0. The molecule has 1 fully saturated rings. The smallest absolute Gasteiger partial charge is 0.0594 e. The zero-order valence-electron chi connectivity index (χ0n) is 14.9. The highest BCUT2D eigenvalue weighted by Gasteiger charge is 2.19. The number of ether oxygens (including phenoxy) is 1. The maximum atomic E-state index is 5.46. The third-order valence-electron chi connectivity index (χ3n) is 5.21. The molecule has 0 N–H and O–H groups in total. The van der Waals surface area contributed by atoms with E-state index in [4.69, 9.17) is 4.74 Å². The molecule has 2 heteroatoms. The van der Waals surface area contributed by atoms with Gasteiger partial charge in [-0.2, -0.15) is 0 Å². The molecule has 2 aromatic carbocycles. The summed E-state index contributed by atoms with van der Waals surface area (Å²) in [5, 5.41) is 0. The Bertz CT molecular complexity index is 812. The van der Waals surface area contributed by atoms with Crippen molar-refractivity contribution in [3.8, 4) is 0 Å². The van der Waals surface area contributed by atoms with Crippen LogP contribution in [0.3, 0.4) is 0 Å². The highest BCUT2D eigenvalue weighted by atomic mass is 16.5. The molecule has 0 spiro atoms. The molecule has 1 saturated heterocycles. The van der Waals surface area contributed by atoms with Crippen LogP contribution in [-0.4, -0.2) is 37.7 Å². The maximum Gasteiger partial charge on any atom is 0.0594 e. The summed E-state index contributed by atoms with van der Waals surface area (Å²) in [6.07, 6.45) is 5.82. The number of morpholine rings is 1. The SMILES string of the molecule is Cc1ccccc1C=C1C=C(CCN2CCOCC2)c2ccccc21. The molecule has 1 aliphatic heterocycles. The van der Waals surface area contributed by atoms with Crippen LogP contribution in [0.5, 0.6) is 0 Å². The number of hydrogen-bond donors (Lipinski definition) is 0. The van der Waals surface area contributed by atoms with Gasteiger partial charge in [0.05, 0.1) is 13.2 Å². The average Bonchev–Trinajstić information content (AvgIpc) is 3.01. The van der Waals surface area contributed by atoms with Crippen LogP contribution >= 0.6 is 0 Å². The van der Waals surface area contributed by atoms with Crippen molar-refractivity contribution >= 4 is 17.2 Å². The lowest BCUT2D eigenvalue weighted by Gasteiger charge is -2.26. The average molecular weight is 331 g/mol. The summed E-state index contributed by atoms with van der Waals surface area (Å²) >= 11 is 0. The predicted molar refractivity (Wildman–Crippen MR) is 105 cm³/mol. The van der Waals surface area contributed by atoms with E-state index in [0.29, 0.717) is 0 Å². The first-order valence-electron chi connectivity index (χ1n) is 9.19. The summed E-state index contributed by atoms with van der Waals surface area (Å²) in [5.74, 6) is 0. The molecule has 1 aliphatic carbocycles. The van der Waals surface area contributed by atoms with Crippen molar-refractivity contribution in [2.24, 2.45) is 0 Å². The lowest BCUT2D eigenvalue weighted by Crippen LogP contribution is -2.36. The summed E-state index contributed by atoms with van der Waals surface area (Å²) in [6, 6.07) is 17.4. The second-order valence-corrected chi connectivity index (χ2v) is 6.88. The van der Waals surface area contributed by atoms with E-state index in [9.17, 15) is 0 Å². The van der Waals surface area contributed by atoms with Gasteiger partial charge in [0.15, 0.2) is 0 Å². The predicted octanol–water partition coefficient (Wildman–Crippen LogP) is 4.65. The maximum absolute atomic E-state index is 5.46. The first-order chi connectivity index (χ1) is 12.3. The normalized spacial score (nSPS) is 19.1. The molecule has 2 aliphatic rings. The Morgan fingerprint density at radius 3 is 2.48 bits per heavy atom. The molecule has 1 heterocycles. The van der Waals surface area contributed by atoms with E-state index >= 15 is 0 Å². The fraction of sp³-hybridized carbons (Fsp3) is 0.304. The molecule has 0 atom stereocenters. The van der Waals surface area contributed by atoms with Gasteiger partial charge in [-0.15, -0.1) is 0 Å². The largest absolute Gasteiger partial charge is 0.379 e. The van der Waals surface area contributed by atoms with E-state index in [0.717, 1.165) is 39.3 Å². The topological polar surface area (TPSA) is 12.5 Å². The quantitative estimate of drug-likeness (QED) is 0.808. The summed E-state index contributed by atoms with van der Waals surface area (Å²) in [7, 11) is 0. The molecule has 0 unspecified atom stereocenters. The van der Waals surface area contributed by atoms with Crippen molar-refractivity contribution in [2.45, 2.75) is 13.3 Å². The third kappa shape index (κ3) is 3.60. The van der Waals surface area contributed by atoms with Crippen LogP contribution in [0.2, 0.25) is 0 Å². The number of hydrogen-bond acceptors (Lipinski definition) is 2. The molecular formula is C23H25NO. The summed E-state index contributed by atoms with van der Waals surface area (Å²) < 4.78 is 5.46. The molecule has 4 rings (SSSR count). The minimum atomic E-state index is 0.869. The first kappa shape index (κ1) is 16.3. The molecule has 2 nitrogen and oxygen atoms in total. The van der Waals surface area contributed by atoms with Crippen LogP contribution in [0.15, 0.2) is 54.6 Å². The Balaban J connectivity index is 1.60. The second kappa shape index (κ2) is 7.38. The van der Waals surface area contributed by atoms with Crippen LogP contribution in [0.25, 0.3) is 17.2 Å². The zero-order chi connectivity index (χ0) is 17.1. The fourth-order valence-corrected chi connectivity index (χ4v) is 3.70. The molecule has 0 bridgehead atoms. The Hall–Kier alpha value is -2.16. The summed E-state index contributed by atoms with van der Waals surface area (Å²) in [6.45, 7) is 7.14. The summed E-state index contributed by atoms with van der Waals surface area (Å²) in [5.41, 5.74) is 8.18. The minimum absolute atomic E-state index is 0.869. The highest BCUT2D eigenvalue weighted by molar-refractivity contribution is 6.01. The van der Waals surface area contributed by atoms with Crippen molar-refractivity contribution in [1.29, 1.82) is 0 Å². The van der Waals surface area contributed by atoms with Crippen LogP contribution in [0.1, 0.15) is 28.7 Å². The molecule has 25 heavy (non-hydrogen) atoms. The van der Waals surface area contributed by atoms with Crippen molar-refractivity contribution in [2.75, 3.05) is 32.8 Å². The standard InChI is InChI=1S/C23H25NO/c1-18-6-2-3-7-19(18)16-21-17-20(22-8-4-5-9-23(21)22)10-11-24-12-14-25-15-13-24/h2-9,16-17H,10-15H2,1H3. The Morgan fingerprint density at radius 1 is 0.960 bits per heavy atom. The Labute approximate surface area is 150 Å². The van der Waals surface area contributed by atoms with Gasteiger partial charge in [0, 0.05) is 19.6 Å². The number of fused-ring (bicyclic) bond motifs is 1. The van der Waals surface area contributed by atoms with Gasteiger partial charge in [-0.25, -0.2) is 0 Å². The van der Waals surface area contributed by atoms with E-state index in [1.165, 1.54) is 33.4 Å². The van der Waals surface area contributed by atoms with Gasteiger partial charge in [-0.3, -0.25) is 4.90 Å². The second-order valence-electron chi connectivity index (χ2n) is 6.88. The van der Waals surface area contributed by atoms with Crippen LogP contribution < -0.4 is 0 Å². The highest BCUT2D eigenvalue weighted by Crippen LogP contribution is 2.38. The monoisotopic (exact) mass is 331 g/mol. The van der Waals surface area contributed by atoms with Crippen LogP contribution in [0.4, 0.5) is 0 Å². The van der Waals surface area contributed by atoms with E-state index in [2.05, 4.69) is 72.5 Å². The molecule has 0 saturated carbocycles. The van der Waals surface area contributed by atoms with E-state index in [1.807, 2.05) is 0 Å². The molecular weight excluding hydrogens is 306 g/mol. The van der Waals surface area contributed by atoms with E-state index in [1.54, 1.807) is 0 Å². The van der Waals surface area contributed by atoms with Gasteiger partial charge < -0.3 is 4.74 Å². The van der Waals surface area contributed by atoms with Crippen molar-refractivity contribution in [3.63, 3.8) is 0 Å². The van der Waals surface area contributed by atoms with Crippen molar-refractivity contribution < 1.29 is 4.74 Å². The van der Waals surface area contributed by atoms with E-state index in [-0.39, 0.29) is 0 Å². The van der Waals surface area contributed by atoms with Gasteiger partial charge in [0.2, 0.25) is 0 Å². The van der Waals surface area contributed by atoms with Gasteiger partial charge in [-0.1, -0.05) is 54.6 Å². The molecule has 0 aromatic heterocycles. The first-order valence-corrected chi connectivity index (χ1v) is 9.19. The number of aryl methyl sites for hydroxylation is 1. The van der Waals surface area contributed by atoms with Gasteiger partial charge in [-0.05, 0) is 52.8 Å². The number of nitrogens with zero attached hydrogens (tertiary/aromatic N) is 1. The van der Waals surface area contributed by atoms with E-state index < -0.39 is 0 Å². The number of rotatable bonds is 4. The molecule has 2 aromatic rings. The summed E-state index contributed by atoms with van der Waals surface area (Å²) in [4.78, 5) is 2.51. The number of allylic oxidation sites excluding steroid dienone is 2. The van der Waals surface area contributed by atoms with Gasteiger partial charge in [0.25, 0.3) is 0 Å². The molecule has 0 amide bonds. The van der Waals surface area contributed by atoms with Gasteiger partial charge in [0.1, 0.15) is 0 Å². The minimum Gasteiger partial charge on any atom is -0.379 e. The lowest BCUT2D eigenvalue weighted by molar-refractivity contribution is 0.0390. The van der Waals surface area contributed by atoms with Crippen molar-refractivity contribution in [3.05, 3.63) is 76.9 Å². The van der Waals surface area contributed by atoms with Crippen LogP contribution in [-0.2, 0) is 4.74 Å². The third-order valence-corrected chi connectivity index (χ3v) is 5.21. The van der Waals surface area contributed by atoms with Crippen molar-refractivity contribution in [1.82, 2.24) is 4.90 Å². The zero-order valence-corrected chi connectivity index (χ0v) is 14.9. The fourth-order valence-electron chi connectivity index (χ4n) is 3.70. The molecule has 128 valence electrons. The van der Waals surface area contributed by atoms with Gasteiger partial charge >= 0.3 is 0 Å². The van der Waals surface area contributed by atoms with Crippen LogP contribution in [0, 0.1) is 6.92 Å². The Kier molecular flexibility index (Phi) is 4.82. The Morgan fingerprint density at radius 2 is 1.68 bits per heavy atom. The molecule has 0 radical (unpaired) electrons.